The summed E-state index contributed by atoms with van der Waals surface area (Å²) in [5, 5.41) is 15.7. The van der Waals surface area contributed by atoms with Crippen LogP contribution in [0, 0.1) is 0 Å². The van der Waals surface area contributed by atoms with Crippen molar-refractivity contribution in [3.8, 4) is 0 Å². The number of nitrogens with two attached hydrogens (primary N) is 2. The maximum Gasteiger partial charge on any atom is 0.309 e. The van der Waals surface area contributed by atoms with E-state index in [1.807, 2.05) is 0 Å². The van der Waals surface area contributed by atoms with Gasteiger partial charge in [-0.1, -0.05) is 0 Å². The second-order valence-electron chi connectivity index (χ2n) is 1.17. The fourth-order valence-corrected chi connectivity index (χ4v) is 0. The summed E-state index contributed by atoms with van der Waals surface area (Å²) in [5.41, 5.74) is 8.50. The number of aliphatic hydroxyl groups is 2. The number of allylic oxidation sites excluding steroid dienone is 1. The normalized spacial score (nSPS) is 9.22. The fourth-order valence-electron chi connectivity index (χ4n) is 0. The number of carbonyl (C=O) groups excluding carboxylic acids is 1. The Bertz CT molecular complexity index is 102. The van der Waals surface area contributed by atoms with E-state index in [1.165, 1.54) is 6.92 Å². The Balaban J connectivity index is 0. The van der Waals surface area contributed by atoms with Gasteiger partial charge in [0.1, 0.15) is 12.0 Å². The lowest BCUT2D eigenvalue weighted by atomic mass is 10.7. The van der Waals surface area contributed by atoms with Gasteiger partial charge in [-0.15, -0.1) is 0 Å². The zero-order valence-corrected chi connectivity index (χ0v) is 5.03. The number of urea groups is 1. The minimum absolute atomic E-state index is 0.0648. The van der Waals surface area contributed by atoms with Crippen molar-refractivity contribution < 1.29 is 15.0 Å². The molecule has 0 atom stereocenters. The summed E-state index contributed by atoms with van der Waals surface area (Å²) in [7, 11) is 0. The third kappa shape index (κ3) is 378. The highest BCUT2D eigenvalue weighted by atomic mass is 16.3. The van der Waals surface area contributed by atoms with Crippen LogP contribution in [0.4, 0.5) is 4.79 Å². The van der Waals surface area contributed by atoms with Crippen molar-refractivity contribution in [2.24, 2.45) is 11.5 Å². The second kappa shape index (κ2) is 6.61. The Morgan fingerprint density at radius 2 is 1.67 bits per heavy atom. The molecule has 0 aromatic heterocycles. The molecule has 0 spiro atoms. The number of aliphatic hydroxyl groups excluding tert-OH is 2. The molecule has 0 aromatic carbocycles. The van der Waals surface area contributed by atoms with E-state index in [0.717, 1.165) is 0 Å². The van der Waals surface area contributed by atoms with Crippen LogP contribution in [0.2, 0.25) is 0 Å². The van der Waals surface area contributed by atoms with Gasteiger partial charge in [0.25, 0.3) is 0 Å². The van der Waals surface area contributed by atoms with Crippen molar-refractivity contribution in [1.82, 2.24) is 0 Å². The van der Waals surface area contributed by atoms with Crippen LogP contribution in [0.5, 0.6) is 0 Å². The highest BCUT2D eigenvalue weighted by molar-refractivity contribution is 5.69. The van der Waals surface area contributed by atoms with Gasteiger partial charge >= 0.3 is 6.03 Å². The summed E-state index contributed by atoms with van der Waals surface area (Å²) >= 11 is 0. The van der Waals surface area contributed by atoms with Crippen molar-refractivity contribution in [3.63, 3.8) is 0 Å². The first kappa shape index (κ1) is 10.6. The summed E-state index contributed by atoms with van der Waals surface area (Å²) in [6.07, 6.45) is 0.639. The Hall–Kier alpha value is -1.39. The van der Waals surface area contributed by atoms with Crippen molar-refractivity contribution in [1.29, 1.82) is 0 Å². The van der Waals surface area contributed by atoms with Gasteiger partial charge in [-0.2, -0.15) is 0 Å². The first-order valence-electron chi connectivity index (χ1n) is 2.05. The van der Waals surface area contributed by atoms with E-state index in [0.29, 0.717) is 6.26 Å². The van der Waals surface area contributed by atoms with E-state index >= 15 is 0 Å². The first-order valence-corrected chi connectivity index (χ1v) is 2.05. The molecule has 0 fully saturated rings. The molecule has 0 rings (SSSR count). The highest BCUT2D eigenvalue weighted by Gasteiger charge is 1.66. The van der Waals surface area contributed by atoms with Crippen molar-refractivity contribution >= 4 is 6.03 Å². The number of amides is 2. The lowest BCUT2D eigenvalue weighted by Crippen LogP contribution is -2.18. The van der Waals surface area contributed by atoms with Crippen LogP contribution in [-0.2, 0) is 0 Å². The average Bonchev–Trinajstić information content (AvgIpc) is 1.65. The molecule has 0 bridgehead atoms. The highest BCUT2D eigenvalue weighted by Crippen LogP contribution is 1.74. The summed E-state index contributed by atoms with van der Waals surface area (Å²) in [5.74, 6) is -0.0648. The average molecular weight is 134 g/mol. The molecule has 0 aliphatic heterocycles. The van der Waals surface area contributed by atoms with Crippen molar-refractivity contribution in [3.05, 3.63) is 12.0 Å². The third-order valence-electron chi connectivity index (χ3n) is 0.187. The molecule has 0 saturated heterocycles. The molecule has 9 heavy (non-hydrogen) atoms. The monoisotopic (exact) mass is 134 g/mol. The van der Waals surface area contributed by atoms with E-state index in [2.05, 4.69) is 11.5 Å². The van der Waals surface area contributed by atoms with Crippen molar-refractivity contribution in [2.45, 2.75) is 6.92 Å². The molecule has 0 unspecified atom stereocenters. The Kier molecular flexibility index (Phi) is 7.76. The summed E-state index contributed by atoms with van der Waals surface area (Å²) in [6, 6.07) is -0.833. The molecule has 0 aliphatic rings. The molecule has 0 aliphatic carbocycles. The van der Waals surface area contributed by atoms with Crippen LogP contribution < -0.4 is 11.5 Å². The summed E-state index contributed by atoms with van der Waals surface area (Å²) in [6.45, 7) is 1.39. The maximum atomic E-state index is 9.00. The minimum Gasteiger partial charge on any atom is -0.512 e. The van der Waals surface area contributed by atoms with E-state index < -0.39 is 6.03 Å². The van der Waals surface area contributed by atoms with Crippen LogP contribution >= 0.6 is 0 Å². The SMILES string of the molecule is CC(O)=CO.NC(N)=O. The third-order valence-corrected chi connectivity index (χ3v) is 0.187. The molecule has 5 nitrogen and oxygen atoms in total. The Morgan fingerprint density at radius 1 is 1.56 bits per heavy atom. The molecule has 0 saturated carbocycles. The van der Waals surface area contributed by atoms with Gasteiger partial charge in [0, 0.05) is 0 Å². The fraction of sp³-hybridized carbons (Fsp3) is 0.250. The zero-order chi connectivity index (χ0) is 7.86. The predicted molar refractivity (Wildman–Crippen MR) is 32.8 cm³/mol. The standard InChI is InChI=1S/C3H6O2.CH4N2O/c1-3(5)2-4;2-1(3)4/h2,4-5H,1H3;(H4,2,3,4). The number of hydrogen-bond donors (Lipinski definition) is 4. The molecule has 0 heterocycles. The van der Waals surface area contributed by atoms with Crippen LogP contribution in [0.25, 0.3) is 0 Å². The largest absolute Gasteiger partial charge is 0.512 e. The van der Waals surface area contributed by atoms with Gasteiger partial charge in [0.2, 0.25) is 0 Å². The number of primary amides is 2. The quantitative estimate of drug-likeness (QED) is 0.349. The van der Waals surface area contributed by atoms with Crippen LogP contribution in [0.15, 0.2) is 12.0 Å². The van der Waals surface area contributed by atoms with Crippen LogP contribution in [-0.4, -0.2) is 16.2 Å². The number of rotatable bonds is 0. The number of carbonyl (C=O) groups is 1. The smallest absolute Gasteiger partial charge is 0.309 e. The molecule has 0 radical (unpaired) electrons. The summed E-state index contributed by atoms with van der Waals surface area (Å²) in [4.78, 5) is 9.00. The van der Waals surface area contributed by atoms with E-state index in [1.54, 1.807) is 0 Å². The predicted octanol–water partition coefficient (Wildman–Crippen LogP) is -0.0125. The lowest BCUT2D eigenvalue weighted by Gasteiger charge is -1.74. The van der Waals surface area contributed by atoms with Crippen molar-refractivity contribution in [2.75, 3.05) is 0 Å². The lowest BCUT2D eigenvalue weighted by molar-refractivity contribution is 0.256. The second-order valence-corrected chi connectivity index (χ2v) is 1.17. The summed E-state index contributed by atoms with van der Waals surface area (Å²) < 4.78 is 0. The molecule has 0 aromatic rings. The van der Waals surface area contributed by atoms with Gasteiger partial charge < -0.3 is 21.7 Å². The maximum absolute atomic E-state index is 9.00. The van der Waals surface area contributed by atoms with E-state index in [4.69, 9.17) is 15.0 Å². The van der Waals surface area contributed by atoms with Gasteiger partial charge in [-0.05, 0) is 6.92 Å². The molecule has 2 amide bonds. The first-order chi connectivity index (χ1) is 4.00. The van der Waals surface area contributed by atoms with E-state index in [9.17, 15) is 0 Å². The molecular weight excluding hydrogens is 124 g/mol. The molecule has 54 valence electrons. The van der Waals surface area contributed by atoms with Gasteiger partial charge in [0.15, 0.2) is 0 Å². The molecular formula is C4H10N2O3. The van der Waals surface area contributed by atoms with Gasteiger partial charge in [0.05, 0.1) is 0 Å². The number of hydrogen-bond acceptors (Lipinski definition) is 3. The topological polar surface area (TPSA) is 110 Å². The van der Waals surface area contributed by atoms with Gasteiger partial charge in [-0.3, -0.25) is 0 Å². The Morgan fingerprint density at radius 3 is 1.67 bits per heavy atom. The zero-order valence-electron chi connectivity index (χ0n) is 5.03. The Labute approximate surface area is 52.6 Å². The van der Waals surface area contributed by atoms with Crippen LogP contribution in [0.3, 0.4) is 0 Å². The van der Waals surface area contributed by atoms with E-state index in [-0.39, 0.29) is 5.76 Å². The van der Waals surface area contributed by atoms with Gasteiger partial charge in [-0.25, -0.2) is 4.79 Å². The van der Waals surface area contributed by atoms with Crippen LogP contribution in [0.1, 0.15) is 6.92 Å². The molecule has 6 N–H and O–H groups in total. The minimum atomic E-state index is -0.833. The molecule has 5 heteroatoms.